The van der Waals surface area contributed by atoms with Crippen molar-refractivity contribution in [2.24, 2.45) is 5.10 Å². The van der Waals surface area contributed by atoms with Crippen LogP contribution in [0, 0.1) is 0 Å². The molecule has 0 bridgehead atoms. The predicted octanol–water partition coefficient (Wildman–Crippen LogP) is 1.57. The molecule has 0 spiro atoms. The number of hydrogen-bond donors (Lipinski definition) is 2. The Balaban J connectivity index is 2.10. The number of nitrogens with zero attached hydrogens (tertiary/aromatic N) is 2. The summed E-state index contributed by atoms with van der Waals surface area (Å²) in [7, 11) is 0. The van der Waals surface area contributed by atoms with Crippen LogP contribution in [0.1, 0.15) is 26.2 Å². The highest BCUT2D eigenvalue weighted by atomic mass is 35.5. The molecule has 0 aromatic carbocycles. The highest BCUT2D eigenvalue weighted by Gasteiger charge is 2.02. The van der Waals surface area contributed by atoms with E-state index in [4.69, 9.17) is 11.6 Å². The lowest BCUT2D eigenvalue weighted by Crippen LogP contribution is -2.44. The first kappa shape index (κ1) is 10.3. The number of nitrogens with one attached hydrogen (secondary N) is 2. The number of hydrazone groups is 1. The van der Waals surface area contributed by atoms with E-state index in [1.807, 2.05) is 0 Å². The summed E-state index contributed by atoms with van der Waals surface area (Å²) in [5.74, 6) is 0. The fourth-order valence-corrected chi connectivity index (χ4v) is 1.11. The van der Waals surface area contributed by atoms with Gasteiger partial charge in [-0.1, -0.05) is 31.4 Å². The van der Waals surface area contributed by atoms with E-state index in [-0.39, 0.29) is 0 Å². The number of hydrazine groups is 2. The molecule has 0 saturated heterocycles. The van der Waals surface area contributed by atoms with Crippen molar-refractivity contribution in [3.05, 3.63) is 11.2 Å². The molecule has 4 nitrogen and oxygen atoms in total. The van der Waals surface area contributed by atoms with Crippen LogP contribution >= 0.6 is 11.6 Å². The smallest absolute Gasteiger partial charge is 0.125 e. The maximum atomic E-state index is 5.73. The molecule has 0 fully saturated rings. The summed E-state index contributed by atoms with van der Waals surface area (Å²) in [6, 6.07) is 0. The van der Waals surface area contributed by atoms with Crippen molar-refractivity contribution in [1.82, 2.24) is 16.1 Å². The van der Waals surface area contributed by atoms with Crippen molar-refractivity contribution in [3.8, 4) is 0 Å². The van der Waals surface area contributed by atoms with Gasteiger partial charge in [0.15, 0.2) is 0 Å². The van der Waals surface area contributed by atoms with Crippen LogP contribution in [0.2, 0.25) is 0 Å². The minimum atomic E-state index is 0.568. The van der Waals surface area contributed by atoms with Crippen LogP contribution in [0.5, 0.6) is 0 Å². The molecule has 0 unspecified atom stereocenters. The Morgan fingerprint density at radius 1 is 1.62 bits per heavy atom. The number of allylic oxidation sites excluding steroid dienone is 1. The molecule has 0 atom stereocenters. The summed E-state index contributed by atoms with van der Waals surface area (Å²) in [6.45, 7) is 3.08. The van der Waals surface area contributed by atoms with Gasteiger partial charge in [0, 0.05) is 6.54 Å². The van der Waals surface area contributed by atoms with Gasteiger partial charge in [0.2, 0.25) is 0 Å². The average Bonchev–Trinajstić information content (AvgIpc) is 2.13. The standard InChI is InChI=1S/C8H15ClN4/c1-2-3-4-6-10-13-11-7-5-8(9)12-13/h5,7,10,12H,2-4,6H2,1H3. The van der Waals surface area contributed by atoms with Gasteiger partial charge < -0.3 is 0 Å². The minimum absolute atomic E-state index is 0.568. The van der Waals surface area contributed by atoms with Gasteiger partial charge in [-0.15, -0.1) is 10.3 Å². The van der Waals surface area contributed by atoms with Crippen LogP contribution in [-0.2, 0) is 0 Å². The van der Waals surface area contributed by atoms with E-state index in [1.54, 1.807) is 12.3 Å². The van der Waals surface area contributed by atoms with Crippen molar-refractivity contribution in [2.75, 3.05) is 6.54 Å². The maximum absolute atomic E-state index is 5.73. The Kier molecular flexibility index (Phi) is 4.64. The van der Waals surface area contributed by atoms with Crippen molar-refractivity contribution in [3.63, 3.8) is 0 Å². The zero-order valence-electron chi connectivity index (χ0n) is 7.76. The van der Waals surface area contributed by atoms with Gasteiger partial charge in [-0.05, 0) is 12.5 Å². The third kappa shape index (κ3) is 4.15. The Morgan fingerprint density at radius 2 is 2.46 bits per heavy atom. The lowest BCUT2D eigenvalue weighted by Gasteiger charge is -2.22. The lowest BCUT2D eigenvalue weighted by molar-refractivity contribution is 0.142. The van der Waals surface area contributed by atoms with Gasteiger partial charge in [-0.25, -0.2) is 0 Å². The highest BCUT2D eigenvalue weighted by Crippen LogP contribution is 2.00. The fourth-order valence-electron chi connectivity index (χ4n) is 0.973. The molecule has 0 aromatic rings. The monoisotopic (exact) mass is 202 g/mol. The van der Waals surface area contributed by atoms with E-state index >= 15 is 0 Å². The number of rotatable bonds is 5. The largest absolute Gasteiger partial charge is 0.256 e. The normalized spacial score (nSPS) is 15.5. The second kappa shape index (κ2) is 5.83. The summed E-state index contributed by atoms with van der Waals surface area (Å²) in [5.41, 5.74) is 5.93. The Bertz CT molecular complexity index is 202. The molecular formula is C8H15ClN4. The van der Waals surface area contributed by atoms with Gasteiger partial charge >= 0.3 is 0 Å². The van der Waals surface area contributed by atoms with E-state index in [0.717, 1.165) is 13.0 Å². The zero-order valence-corrected chi connectivity index (χ0v) is 8.51. The molecule has 1 aliphatic rings. The topological polar surface area (TPSA) is 39.7 Å². The predicted molar refractivity (Wildman–Crippen MR) is 54.9 cm³/mol. The van der Waals surface area contributed by atoms with Gasteiger partial charge in [0.25, 0.3) is 0 Å². The highest BCUT2D eigenvalue weighted by molar-refractivity contribution is 6.30. The minimum Gasteiger partial charge on any atom is -0.256 e. The molecule has 1 heterocycles. The van der Waals surface area contributed by atoms with Gasteiger partial charge in [-0.3, -0.25) is 5.43 Å². The van der Waals surface area contributed by atoms with Crippen LogP contribution < -0.4 is 10.9 Å². The summed E-state index contributed by atoms with van der Waals surface area (Å²) in [6.07, 6.45) is 6.94. The molecule has 1 aliphatic heterocycles. The zero-order chi connectivity index (χ0) is 9.52. The van der Waals surface area contributed by atoms with Crippen LogP contribution in [0.15, 0.2) is 16.3 Å². The molecule has 0 saturated carbocycles. The molecular weight excluding hydrogens is 188 g/mol. The van der Waals surface area contributed by atoms with Crippen LogP contribution in [0.4, 0.5) is 0 Å². The van der Waals surface area contributed by atoms with Crippen LogP contribution in [0.25, 0.3) is 0 Å². The molecule has 0 aromatic heterocycles. The number of halogens is 1. The second-order valence-electron chi connectivity index (χ2n) is 2.82. The molecule has 0 aliphatic carbocycles. The second-order valence-corrected chi connectivity index (χ2v) is 3.23. The first-order valence-electron chi connectivity index (χ1n) is 4.53. The van der Waals surface area contributed by atoms with Gasteiger partial charge in [0.05, 0.1) is 6.21 Å². The van der Waals surface area contributed by atoms with Crippen molar-refractivity contribution >= 4 is 17.8 Å². The van der Waals surface area contributed by atoms with Crippen LogP contribution in [-0.4, -0.2) is 18.0 Å². The van der Waals surface area contributed by atoms with Crippen molar-refractivity contribution in [1.29, 1.82) is 0 Å². The Labute approximate surface area is 83.6 Å². The fraction of sp³-hybridized carbons (Fsp3) is 0.625. The van der Waals surface area contributed by atoms with Gasteiger partial charge in [-0.2, -0.15) is 5.43 Å². The van der Waals surface area contributed by atoms with Gasteiger partial charge in [0.1, 0.15) is 5.16 Å². The number of unbranched alkanes of at least 4 members (excludes halogenated alkanes) is 2. The summed E-state index contributed by atoms with van der Waals surface area (Å²) >= 11 is 5.73. The molecule has 0 amide bonds. The molecule has 74 valence electrons. The third-order valence-corrected chi connectivity index (χ3v) is 1.87. The third-order valence-electron chi connectivity index (χ3n) is 1.66. The van der Waals surface area contributed by atoms with E-state index in [9.17, 15) is 0 Å². The first-order chi connectivity index (χ1) is 6.33. The Hall–Kier alpha value is -0.740. The first-order valence-corrected chi connectivity index (χ1v) is 4.91. The molecule has 0 radical (unpaired) electrons. The van der Waals surface area contributed by atoms with E-state index in [1.165, 1.54) is 18.1 Å². The van der Waals surface area contributed by atoms with E-state index in [2.05, 4.69) is 22.9 Å². The van der Waals surface area contributed by atoms with Crippen molar-refractivity contribution < 1.29 is 0 Å². The van der Waals surface area contributed by atoms with Crippen LogP contribution in [0.3, 0.4) is 0 Å². The van der Waals surface area contributed by atoms with Crippen molar-refractivity contribution in [2.45, 2.75) is 26.2 Å². The lowest BCUT2D eigenvalue weighted by atomic mass is 10.3. The molecule has 5 heteroatoms. The SMILES string of the molecule is CCCCCNN1N=CC=C(Cl)N1. The average molecular weight is 203 g/mol. The summed E-state index contributed by atoms with van der Waals surface area (Å²) in [4.78, 5) is 0. The molecule has 2 N–H and O–H groups in total. The quantitative estimate of drug-likeness (QED) is 0.525. The summed E-state index contributed by atoms with van der Waals surface area (Å²) in [5, 5.41) is 6.10. The summed E-state index contributed by atoms with van der Waals surface area (Å²) < 4.78 is 0. The molecule has 13 heavy (non-hydrogen) atoms. The maximum Gasteiger partial charge on any atom is 0.125 e. The Morgan fingerprint density at radius 3 is 3.15 bits per heavy atom. The number of hydrogen-bond acceptors (Lipinski definition) is 4. The van der Waals surface area contributed by atoms with E-state index < -0.39 is 0 Å². The van der Waals surface area contributed by atoms with E-state index in [0.29, 0.717) is 5.16 Å². The molecule has 1 rings (SSSR count).